The number of carbonyl (C=O) groups excluding carboxylic acids is 3. The van der Waals surface area contributed by atoms with Gasteiger partial charge >= 0.3 is 17.9 Å². The zero-order chi connectivity index (χ0) is 30.9. The predicted molar refractivity (Wildman–Crippen MR) is 172 cm³/mol. The van der Waals surface area contributed by atoms with E-state index in [2.05, 4.69) is 13.5 Å². The zero-order valence-corrected chi connectivity index (χ0v) is 26.1. The molecule has 0 saturated carbocycles. The first-order chi connectivity index (χ1) is 20.9. The van der Waals surface area contributed by atoms with E-state index in [0.29, 0.717) is 29.2 Å². The molecule has 0 aliphatic heterocycles. The Morgan fingerprint density at radius 3 is 2.00 bits per heavy atom. The van der Waals surface area contributed by atoms with Crippen LogP contribution in [0.5, 0.6) is 11.5 Å². The van der Waals surface area contributed by atoms with E-state index in [1.807, 2.05) is 37.3 Å². The lowest BCUT2D eigenvalue weighted by molar-refractivity contribution is -0.137. The van der Waals surface area contributed by atoms with E-state index in [1.54, 1.807) is 48.2 Å². The highest BCUT2D eigenvalue weighted by Crippen LogP contribution is 2.25. The smallest absolute Gasteiger partial charge is 0.343 e. The molecule has 0 aliphatic rings. The largest absolute Gasteiger partial charge is 0.463 e. The van der Waals surface area contributed by atoms with Crippen LogP contribution in [0.1, 0.15) is 90.1 Å². The quantitative estimate of drug-likeness (QED) is 0.0473. The molecular formula is C36H42O6S. The molecule has 0 atom stereocenters. The average Bonchev–Trinajstić information content (AvgIpc) is 3.02. The molecule has 0 radical (unpaired) electrons. The van der Waals surface area contributed by atoms with Crippen molar-refractivity contribution in [3.63, 3.8) is 0 Å². The summed E-state index contributed by atoms with van der Waals surface area (Å²) in [5, 5.41) is 0. The van der Waals surface area contributed by atoms with E-state index in [-0.39, 0.29) is 0 Å². The van der Waals surface area contributed by atoms with Gasteiger partial charge in [0.15, 0.2) is 0 Å². The number of hydrogen-bond acceptors (Lipinski definition) is 7. The van der Waals surface area contributed by atoms with E-state index in [9.17, 15) is 14.4 Å². The highest BCUT2D eigenvalue weighted by atomic mass is 32.2. The lowest BCUT2D eigenvalue weighted by Gasteiger charge is -2.09. The van der Waals surface area contributed by atoms with E-state index in [4.69, 9.17) is 14.2 Å². The molecule has 228 valence electrons. The zero-order valence-electron chi connectivity index (χ0n) is 25.3. The van der Waals surface area contributed by atoms with Crippen molar-refractivity contribution >= 4 is 29.7 Å². The summed E-state index contributed by atoms with van der Waals surface area (Å²) in [6.45, 7) is 7.93. The molecule has 3 aromatic rings. The third kappa shape index (κ3) is 12.1. The molecular weight excluding hydrogens is 560 g/mol. The Labute approximate surface area is 259 Å². The summed E-state index contributed by atoms with van der Waals surface area (Å²) in [6.07, 6.45) is 11.4. The lowest BCUT2D eigenvalue weighted by atomic mass is 10.0. The highest BCUT2D eigenvalue weighted by Gasteiger charge is 2.13. The molecule has 0 bridgehead atoms. The normalized spacial score (nSPS) is 10.7. The van der Waals surface area contributed by atoms with Gasteiger partial charge in [-0.2, -0.15) is 0 Å². The monoisotopic (exact) mass is 602 g/mol. The van der Waals surface area contributed by atoms with Gasteiger partial charge in [0.05, 0.1) is 17.7 Å². The van der Waals surface area contributed by atoms with Gasteiger partial charge in [-0.25, -0.2) is 14.4 Å². The second-order valence-electron chi connectivity index (χ2n) is 10.4. The third-order valence-electron chi connectivity index (χ3n) is 6.87. The van der Waals surface area contributed by atoms with E-state index >= 15 is 0 Å². The minimum Gasteiger partial charge on any atom is -0.463 e. The number of carbonyl (C=O) groups is 3. The minimum atomic E-state index is -0.472. The van der Waals surface area contributed by atoms with Gasteiger partial charge in [-0.15, -0.1) is 11.8 Å². The summed E-state index contributed by atoms with van der Waals surface area (Å²) in [5.74, 6) is 0.366. The summed E-state index contributed by atoms with van der Waals surface area (Å²) < 4.78 is 16.0. The summed E-state index contributed by atoms with van der Waals surface area (Å²) in [6, 6.07) is 19.5. The van der Waals surface area contributed by atoms with Crippen LogP contribution in [0, 0.1) is 6.92 Å². The van der Waals surface area contributed by atoms with Crippen molar-refractivity contribution < 1.29 is 28.6 Å². The summed E-state index contributed by atoms with van der Waals surface area (Å²) in [4.78, 5) is 37.5. The average molecular weight is 603 g/mol. The van der Waals surface area contributed by atoms with Crippen LogP contribution < -0.4 is 9.47 Å². The molecule has 0 heterocycles. The Kier molecular flexibility index (Phi) is 14.6. The molecule has 0 fully saturated rings. The Balaban J connectivity index is 1.42. The van der Waals surface area contributed by atoms with Crippen molar-refractivity contribution in [3.05, 3.63) is 102 Å². The maximum absolute atomic E-state index is 12.7. The maximum atomic E-state index is 12.7. The molecule has 0 N–H and O–H groups in total. The van der Waals surface area contributed by atoms with Crippen LogP contribution in [0.15, 0.2) is 84.3 Å². The van der Waals surface area contributed by atoms with Crippen molar-refractivity contribution in [2.24, 2.45) is 0 Å². The molecule has 43 heavy (non-hydrogen) atoms. The van der Waals surface area contributed by atoms with Crippen LogP contribution >= 0.6 is 11.8 Å². The molecule has 7 heteroatoms. The Hall–Kier alpha value is -3.84. The van der Waals surface area contributed by atoms with Gasteiger partial charge < -0.3 is 14.2 Å². The second kappa shape index (κ2) is 18.6. The SMILES string of the molecule is C=CC(=O)OCCCCSc1ccc(C(=O)Oc2ccc(C(=O)Oc3ccc(CCCCCCCC)cc3)cc2)cc1C. The van der Waals surface area contributed by atoms with Crippen LogP contribution in [-0.2, 0) is 16.0 Å². The van der Waals surface area contributed by atoms with E-state index in [0.717, 1.165) is 41.6 Å². The second-order valence-corrected chi connectivity index (χ2v) is 11.5. The fraction of sp³-hybridized carbons (Fsp3) is 0.361. The van der Waals surface area contributed by atoms with E-state index < -0.39 is 17.9 Å². The van der Waals surface area contributed by atoms with Crippen LogP contribution in [0.3, 0.4) is 0 Å². The molecule has 0 aromatic heterocycles. The Morgan fingerprint density at radius 1 is 0.744 bits per heavy atom. The number of aryl methyl sites for hydroxylation is 2. The van der Waals surface area contributed by atoms with Crippen LogP contribution in [0.2, 0.25) is 0 Å². The lowest BCUT2D eigenvalue weighted by Crippen LogP contribution is -2.10. The highest BCUT2D eigenvalue weighted by molar-refractivity contribution is 7.99. The van der Waals surface area contributed by atoms with Crippen molar-refractivity contribution in [2.45, 2.75) is 76.5 Å². The number of hydrogen-bond donors (Lipinski definition) is 0. The van der Waals surface area contributed by atoms with Crippen molar-refractivity contribution in [3.8, 4) is 11.5 Å². The number of rotatable bonds is 18. The van der Waals surface area contributed by atoms with Gasteiger partial charge in [0.25, 0.3) is 0 Å². The van der Waals surface area contributed by atoms with Gasteiger partial charge in [0.2, 0.25) is 0 Å². The minimum absolute atomic E-state index is 0.342. The van der Waals surface area contributed by atoms with E-state index in [1.165, 1.54) is 44.1 Å². The topological polar surface area (TPSA) is 78.9 Å². The maximum Gasteiger partial charge on any atom is 0.343 e. The summed E-state index contributed by atoms with van der Waals surface area (Å²) in [7, 11) is 0. The van der Waals surface area contributed by atoms with Gasteiger partial charge in [-0.1, -0.05) is 57.7 Å². The predicted octanol–water partition coefficient (Wildman–Crippen LogP) is 8.94. The molecule has 0 amide bonds. The number of esters is 3. The van der Waals surface area contributed by atoms with Crippen molar-refractivity contribution in [1.82, 2.24) is 0 Å². The number of thioether (sulfide) groups is 1. The molecule has 0 saturated heterocycles. The first-order valence-corrected chi connectivity index (χ1v) is 16.0. The van der Waals surface area contributed by atoms with Crippen LogP contribution in [-0.4, -0.2) is 30.3 Å². The Morgan fingerprint density at radius 2 is 1.35 bits per heavy atom. The van der Waals surface area contributed by atoms with Gasteiger partial charge in [0.1, 0.15) is 11.5 Å². The third-order valence-corrected chi connectivity index (χ3v) is 8.13. The molecule has 0 spiro atoms. The van der Waals surface area contributed by atoms with Crippen molar-refractivity contribution in [1.29, 1.82) is 0 Å². The van der Waals surface area contributed by atoms with Gasteiger partial charge in [0, 0.05) is 11.0 Å². The number of unbranched alkanes of at least 4 members (excludes halogenated alkanes) is 6. The molecule has 0 aliphatic carbocycles. The number of benzene rings is 3. The first kappa shape index (κ1) is 33.7. The van der Waals surface area contributed by atoms with Gasteiger partial charge in [-0.3, -0.25) is 0 Å². The van der Waals surface area contributed by atoms with Crippen LogP contribution in [0.4, 0.5) is 0 Å². The van der Waals surface area contributed by atoms with Crippen LogP contribution in [0.25, 0.3) is 0 Å². The van der Waals surface area contributed by atoms with Gasteiger partial charge in [-0.05, 0) is 104 Å². The van der Waals surface area contributed by atoms with Crippen molar-refractivity contribution in [2.75, 3.05) is 12.4 Å². The molecule has 3 aromatic carbocycles. The fourth-order valence-electron chi connectivity index (χ4n) is 4.38. The molecule has 3 rings (SSSR count). The Bertz CT molecular complexity index is 1330. The fourth-order valence-corrected chi connectivity index (χ4v) is 5.40. The first-order valence-electron chi connectivity index (χ1n) is 15.1. The molecule has 6 nitrogen and oxygen atoms in total. The number of ether oxygens (including phenoxy) is 3. The summed E-state index contributed by atoms with van der Waals surface area (Å²) in [5.41, 5.74) is 3.03. The molecule has 0 unspecified atom stereocenters. The standard InChI is InChI=1S/C36H42O6S/c1-4-6-7-8-9-10-13-28-14-19-31(20-15-28)41-35(38)29-16-21-32(22-17-29)42-36(39)30-18-23-33(27(3)26-30)43-25-12-11-24-40-34(37)5-2/h5,14-23,26H,2,4,6-13,24-25H2,1,3H3. The summed E-state index contributed by atoms with van der Waals surface area (Å²) >= 11 is 1.69.